The Balaban J connectivity index is 1.52. The number of aromatic nitrogens is 3. The Hall–Kier alpha value is -3.86. The topological polar surface area (TPSA) is 100.0 Å². The second-order valence-electron chi connectivity index (χ2n) is 6.68. The van der Waals surface area contributed by atoms with Crippen molar-refractivity contribution in [1.82, 2.24) is 19.6 Å². The molecule has 3 aromatic rings. The molecule has 0 spiro atoms. The molecule has 1 aromatic carbocycles. The summed E-state index contributed by atoms with van der Waals surface area (Å²) in [6.07, 6.45) is 9.49. The number of rotatable bonds is 5. The molecule has 1 saturated heterocycles. The first-order valence-corrected chi connectivity index (χ1v) is 8.79. The number of likely N-dealkylation sites (tertiary alicyclic amines) is 1. The van der Waals surface area contributed by atoms with Gasteiger partial charge in [0.1, 0.15) is 5.69 Å². The molecule has 2 aromatic heterocycles. The van der Waals surface area contributed by atoms with Gasteiger partial charge in [-0.05, 0) is 18.6 Å². The van der Waals surface area contributed by atoms with Gasteiger partial charge in [0.25, 0.3) is 0 Å². The molecule has 0 aliphatic carbocycles. The van der Waals surface area contributed by atoms with Crippen LogP contribution < -0.4 is 5.32 Å². The van der Waals surface area contributed by atoms with Gasteiger partial charge in [0.05, 0.1) is 11.7 Å². The highest BCUT2D eigenvalue weighted by Crippen LogP contribution is 2.33. The van der Waals surface area contributed by atoms with Crippen LogP contribution in [0.2, 0.25) is 0 Å². The van der Waals surface area contributed by atoms with Crippen molar-refractivity contribution in [2.24, 2.45) is 5.41 Å². The van der Waals surface area contributed by atoms with Crippen LogP contribution in [0.1, 0.15) is 6.42 Å². The SMILES string of the molecule is C=CC1(C(=O)Nc2cc(-c3cccc(-n4ccnc4)c3)no2)CCN(C#N)C1. The molecule has 0 saturated carbocycles. The van der Waals surface area contributed by atoms with Gasteiger partial charge in [-0.1, -0.05) is 23.4 Å². The molecule has 1 fully saturated rings. The van der Waals surface area contributed by atoms with Crippen molar-refractivity contribution in [2.75, 3.05) is 18.4 Å². The number of benzene rings is 1. The lowest BCUT2D eigenvalue weighted by atomic mass is 9.86. The van der Waals surface area contributed by atoms with Crippen LogP contribution in [0.25, 0.3) is 16.9 Å². The van der Waals surface area contributed by atoms with Crippen LogP contribution in [0.4, 0.5) is 5.88 Å². The Kier molecular flexibility index (Phi) is 4.41. The van der Waals surface area contributed by atoms with Crippen molar-refractivity contribution >= 4 is 11.8 Å². The highest BCUT2D eigenvalue weighted by atomic mass is 16.5. The Bertz CT molecular complexity index is 1050. The number of nitrogens with one attached hydrogen (secondary N) is 1. The van der Waals surface area contributed by atoms with E-state index in [0.29, 0.717) is 25.2 Å². The third-order valence-electron chi connectivity index (χ3n) is 4.98. The van der Waals surface area contributed by atoms with Gasteiger partial charge in [0.2, 0.25) is 11.8 Å². The number of carbonyl (C=O) groups excluding carboxylic acids is 1. The Morgan fingerprint density at radius 1 is 1.43 bits per heavy atom. The third-order valence-corrected chi connectivity index (χ3v) is 4.98. The van der Waals surface area contributed by atoms with Crippen molar-refractivity contribution in [2.45, 2.75) is 6.42 Å². The lowest BCUT2D eigenvalue weighted by molar-refractivity contribution is -0.122. The predicted octanol–water partition coefficient (Wildman–Crippen LogP) is 2.82. The number of nitriles is 1. The van der Waals surface area contributed by atoms with E-state index in [1.54, 1.807) is 29.6 Å². The fraction of sp³-hybridized carbons (Fsp3) is 0.200. The molecule has 1 amide bonds. The van der Waals surface area contributed by atoms with Crippen LogP contribution in [0, 0.1) is 16.9 Å². The van der Waals surface area contributed by atoms with E-state index in [0.717, 1.165) is 11.3 Å². The summed E-state index contributed by atoms with van der Waals surface area (Å²) in [6, 6.07) is 9.43. The molecule has 0 bridgehead atoms. The number of carbonyl (C=O) groups is 1. The van der Waals surface area contributed by atoms with Gasteiger partial charge < -0.3 is 14.0 Å². The van der Waals surface area contributed by atoms with Gasteiger partial charge in [-0.15, -0.1) is 6.58 Å². The van der Waals surface area contributed by atoms with E-state index in [4.69, 9.17) is 9.78 Å². The Morgan fingerprint density at radius 3 is 3.04 bits per heavy atom. The first kappa shape index (κ1) is 17.5. The van der Waals surface area contributed by atoms with E-state index in [1.165, 1.54) is 0 Å². The summed E-state index contributed by atoms with van der Waals surface area (Å²) in [5.41, 5.74) is 1.58. The zero-order valence-electron chi connectivity index (χ0n) is 15.1. The molecule has 0 radical (unpaired) electrons. The zero-order valence-corrected chi connectivity index (χ0v) is 15.1. The van der Waals surface area contributed by atoms with Gasteiger partial charge in [-0.25, -0.2) is 4.98 Å². The molecule has 140 valence electrons. The van der Waals surface area contributed by atoms with E-state index in [2.05, 4.69) is 28.2 Å². The number of nitrogens with zero attached hydrogens (tertiary/aromatic N) is 5. The summed E-state index contributed by atoms with van der Waals surface area (Å²) in [7, 11) is 0. The first-order chi connectivity index (χ1) is 13.6. The van der Waals surface area contributed by atoms with Crippen LogP contribution in [0.3, 0.4) is 0 Å². The average Bonchev–Trinajstić information content (AvgIpc) is 3.48. The van der Waals surface area contributed by atoms with Crippen molar-refractivity contribution < 1.29 is 9.32 Å². The van der Waals surface area contributed by atoms with Gasteiger partial charge in [0.15, 0.2) is 6.19 Å². The lowest BCUT2D eigenvalue weighted by Gasteiger charge is -2.22. The zero-order chi connectivity index (χ0) is 19.6. The van der Waals surface area contributed by atoms with Crippen LogP contribution in [0.5, 0.6) is 0 Å². The minimum Gasteiger partial charge on any atom is -0.338 e. The molecule has 1 N–H and O–H groups in total. The fourth-order valence-corrected chi connectivity index (χ4v) is 3.31. The standard InChI is InChI=1S/C20H18N6O2/c1-2-20(6-8-25(12-20)13-21)19(27)23-18-11-17(24-28-18)15-4-3-5-16(10-15)26-9-7-22-14-26/h2-5,7,9-11,14H,1,6,8,12H2,(H,23,27). The average molecular weight is 374 g/mol. The summed E-state index contributed by atoms with van der Waals surface area (Å²) in [4.78, 5) is 18.4. The number of hydrogen-bond acceptors (Lipinski definition) is 6. The molecule has 8 heteroatoms. The molecular formula is C20H18N6O2. The van der Waals surface area contributed by atoms with Crippen LogP contribution in [0.15, 0.2) is 66.2 Å². The Morgan fingerprint density at radius 2 is 2.32 bits per heavy atom. The first-order valence-electron chi connectivity index (χ1n) is 8.79. The van der Waals surface area contributed by atoms with E-state index in [-0.39, 0.29) is 11.8 Å². The molecule has 3 heterocycles. The molecule has 1 aliphatic heterocycles. The van der Waals surface area contributed by atoms with Crippen LogP contribution in [-0.2, 0) is 4.79 Å². The summed E-state index contributed by atoms with van der Waals surface area (Å²) >= 11 is 0. The molecule has 28 heavy (non-hydrogen) atoms. The second kappa shape index (κ2) is 7.04. The predicted molar refractivity (Wildman–Crippen MR) is 102 cm³/mol. The lowest BCUT2D eigenvalue weighted by Crippen LogP contribution is -2.36. The molecule has 1 atom stereocenters. The monoisotopic (exact) mass is 374 g/mol. The number of hydrogen-bond donors (Lipinski definition) is 1. The van der Waals surface area contributed by atoms with E-state index < -0.39 is 5.41 Å². The van der Waals surface area contributed by atoms with Gasteiger partial charge in [0, 0.05) is 42.8 Å². The van der Waals surface area contributed by atoms with Gasteiger partial charge >= 0.3 is 0 Å². The Labute approximate surface area is 161 Å². The van der Waals surface area contributed by atoms with Crippen LogP contribution in [-0.4, -0.2) is 38.6 Å². The van der Waals surface area contributed by atoms with Crippen LogP contribution >= 0.6 is 0 Å². The number of anilines is 1. The second-order valence-corrected chi connectivity index (χ2v) is 6.68. The minimum absolute atomic E-state index is 0.254. The molecule has 1 unspecified atom stereocenters. The molecule has 1 aliphatic rings. The maximum absolute atomic E-state index is 12.8. The summed E-state index contributed by atoms with van der Waals surface area (Å²) < 4.78 is 7.20. The number of amides is 1. The van der Waals surface area contributed by atoms with Crippen molar-refractivity contribution in [3.8, 4) is 23.1 Å². The minimum atomic E-state index is -0.815. The summed E-state index contributed by atoms with van der Waals surface area (Å²) in [5, 5.41) is 15.9. The highest BCUT2D eigenvalue weighted by Gasteiger charge is 2.42. The molecule has 8 nitrogen and oxygen atoms in total. The van der Waals surface area contributed by atoms with Crippen molar-refractivity contribution in [3.05, 3.63) is 61.7 Å². The van der Waals surface area contributed by atoms with E-state index >= 15 is 0 Å². The third kappa shape index (κ3) is 3.14. The van der Waals surface area contributed by atoms with Gasteiger partial charge in [-0.2, -0.15) is 5.26 Å². The normalized spacial score (nSPS) is 18.6. The quantitative estimate of drug-likeness (QED) is 0.544. The highest BCUT2D eigenvalue weighted by molar-refractivity contribution is 5.96. The maximum Gasteiger partial charge on any atom is 0.238 e. The fourth-order valence-electron chi connectivity index (χ4n) is 3.31. The van der Waals surface area contributed by atoms with Crippen molar-refractivity contribution in [1.29, 1.82) is 5.26 Å². The maximum atomic E-state index is 12.8. The van der Waals surface area contributed by atoms with E-state index in [1.807, 2.05) is 35.0 Å². The molecular weight excluding hydrogens is 356 g/mol. The van der Waals surface area contributed by atoms with Gasteiger partial charge in [-0.3, -0.25) is 10.1 Å². The van der Waals surface area contributed by atoms with E-state index in [9.17, 15) is 4.79 Å². The van der Waals surface area contributed by atoms with Crippen molar-refractivity contribution in [3.63, 3.8) is 0 Å². The summed E-state index contributed by atoms with van der Waals surface area (Å²) in [5.74, 6) is -0.000201. The summed E-state index contributed by atoms with van der Waals surface area (Å²) in [6.45, 7) is 4.62. The smallest absolute Gasteiger partial charge is 0.238 e. The largest absolute Gasteiger partial charge is 0.338 e. The molecule has 4 rings (SSSR count). The number of imidazole rings is 1.